The van der Waals surface area contributed by atoms with Gasteiger partial charge in [-0.2, -0.15) is 0 Å². The van der Waals surface area contributed by atoms with Crippen molar-refractivity contribution in [1.82, 2.24) is 0 Å². The maximum absolute atomic E-state index is 6.14. The predicted octanol–water partition coefficient (Wildman–Crippen LogP) is 2.92. The van der Waals surface area contributed by atoms with Gasteiger partial charge >= 0.3 is 0 Å². The van der Waals surface area contributed by atoms with E-state index in [1.54, 1.807) is 0 Å². The van der Waals surface area contributed by atoms with Crippen LogP contribution in [0.5, 0.6) is 0 Å². The van der Waals surface area contributed by atoms with Crippen LogP contribution >= 0.6 is 23.2 Å². The highest BCUT2D eigenvalue weighted by atomic mass is 35.5. The molecule has 9 heavy (non-hydrogen) atoms. The largest absolute Gasteiger partial charge is 0.119 e. The van der Waals surface area contributed by atoms with Gasteiger partial charge in [-0.3, -0.25) is 0 Å². The van der Waals surface area contributed by atoms with E-state index >= 15 is 0 Å². The van der Waals surface area contributed by atoms with Gasteiger partial charge in [0.15, 0.2) is 0 Å². The molecule has 3 aliphatic carbocycles. The minimum atomic E-state index is 0.125. The highest BCUT2D eigenvalue weighted by Crippen LogP contribution is 2.59. The number of fused-ring (bicyclic) bond motifs is 2. The van der Waals surface area contributed by atoms with E-state index in [0.29, 0.717) is 0 Å². The summed E-state index contributed by atoms with van der Waals surface area (Å²) in [5.41, 5.74) is 0. The van der Waals surface area contributed by atoms with E-state index < -0.39 is 0 Å². The molecular weight excluding hydrogens is 155 g/mol. The van der Waals surface area contributed by atoms with Crippen LogP contribution in [0.2, 0.25) is 0 Å². The zero-order valence-corrected chi connectivity index (χ0v) is 6.80. The Morgan fingerprint density at radius 1 is 0.889 bits per heavy atom. The van der Waals surface area contributed by atoms with Crippen LogP contribution in [0.1, 0.15) is 32.1 Å². The van der Waals surface area contributed by atoms with E-state index in [1.807, 2.05) is 0 Å². The van der Waals surface area contributed by atoms with E-state index in [4.69, 9.17) is 23.2 Å². The first-order chi connectivity index (χ1) is 4.12. The summed E-state index contributed by atoms with van der Waals surface area (Å²) in [6, 6.07) is 0. The molecule has 0 amide bonds. The van der Waals surface area contributed by atoms with Crippen LogP contribution in [-0.2, 0) is 0 Å². The summed E-state index contributed by atoms with van der Waals surface area (Å²) in [5, 5.41) is 0. The lowest BCUT2D eigenvalue weighted by molar-refractivity contribution is 0.169. The van der Waals surface area contributed by atoms with Crippen molar-refractivity contribution in [3.05, 3.63) is 0 Å². The van der Waals surface area contributed by atoms with Gasteiger partial charge in [0.25, 0.3) is 0 Å². The molecule has 3 fully saturated rings. The second-order valence-corrected chi connectivity index (χ2v) is 5.11. The number of alkyl halides is 2. The monoisotopic (exact) mass is 164 g/mol. The number of halogens is 2. The highest BCUT2D eigenvalue weighted by molar-refractivity contribution is 6.31. The molecule has 0 spiro atoms. The Labute approximate surface area is 65.5 Å². The molecule has 0 radical (unpaired) electrons. The van der Waals surface area contributed by atoms with Crippen LogP contribution in [0, 0.1) is 0 Å². The molecule has 0 N–H and O–H groups in total. The molecule has 0 atom stereocenters. The molecule has 2 bridgehead atoms. The number of rotatable bonds is 0. The van der Waals surface area contributed by atoms with Crippen LogP contribution in [0.4, 0.5) is 0 Å². The smallest absolute Gasteiger partial charge is 0.0480 e. The fourth-order valence-corrected chi connectivity index (χ4v) is 3.59. The SMILES string of the molecule is ClC12CCCC(Cl)(C1)C2. The van der Waals surface area contributed by atoms with Crippen LogP contribution in [0.25, 0.3) is 0 Å². The van der Waals surface area contributed by atoms with E-state index in [-0.39, 0.29) is 9.75 Å². The molecule has 0 aromatic rings. The molecule has 0 unspecified atom stereocenters. The van der Waals surface area contributed by atoms with Crippen molar-refractivity contribution in [2.45, 2.75) is 41.9 Å². The van der Waals surface area contributed by atoms with Crippen LogP contribution in [0.3, 0.4) is 0 Å². The molecule has 2 heteroatoms. The zero-order valence-electron chi connectivity index (χ0n) is 5.29. The number of hydrogen-bond acceptors (Lipinski definition) is 0. The minimum absolute atomic E-state index is 0.125. The fourth-order valence-electron chi connectivity index (χ4n) is 2.16. The van der Waals surface area contributed by atoms with Gasteiger partial charge in [-0.1, -0.05) is 0 Å². The normalized spacial score (nSPS) is 56.7. The third-order valence-electron chi connectivity index (χ3n) is 2.52. The van der Waals surface area contributed by atoms with Crippen molar-refractivity contribution < 1.29 is 0 Å². The van der Waals surface area contributed by atoms with Crippen molar-refractivity contribution in [3.8, 4) is 0 Å². The summed E-state index contributed by atoms with van der Waals surface area (Å²) in [5.74, 6) is 0. The molecule has 52 valence electrons. The first-order valence-electron chi connectivity index (χ1n) is 3.50. The van der Waals surface area contributed by atoms with Crippen LogP contribution in [0.15, 0.2) is 0 Å². The first-order valence-corrected chi connectivity index (χ1v) is 4.26. The lowest BCUT2D eigenvalue weighted by Crippen LogP contribution is -2.53. The molecule has 0 nitrogen and oxygen atoms in total. The summed E-state index contributed by atoms with van der Waals surface area (Å²) in [6.45, 7) is 0. The highest BCUT2D eigenvalue weighted by Gasteiger charge is 2.55. The molecular formula is C7H10Cl2. The molecule has 0 heterocycles. The first kappa shape index (κ1) is 6.30. The topological polar surface area (TPSA) is 0 Å². The average Bonchev–Trinajstić information content (AvgIpc) is 1.59. The van der Waals surface area contributed by atoms with Gasteiger partial charge in [0, 0.05) is 9.75 Å². The molecule has 0 saturated heterocycles. The molecule has 0 aromatic carbocycles. The van der Waals surface area contributed by atoms with Gasteiger partial charge in [-0.15, -0.1) is 23.2 Å². The Bertz CT molecular complexity index is 122. The quantitative estimate of drug-likeness (QED) is 0.484. The van der Waals surface area contributed by atoms with E-state index in [2.05, 4.69) is 0 Å². The van der Waals surface area contributed by atoms with Crippen LogP contribution in [-0.4, -0.2) is 9.75 Å². The van der Waals surface area contributed by atoms with Gasteiger partial charge in [0.1, 0.15) is 0 Å². The maximum Gasteiger partial charge on any atom is 0.0480 e. The maximum atomic E-state index is 6.14. The summed E-state index contributed by atoms with van der Waals surface area (Å²) in [7, 11) is 0. The van der Waals surface area contributed by atoms with Gasteiger partial charge < -0.3 is 0 Å². The average molecular weight is 165 g/mol. The van der Waals surface area contributed by atoms with Crippen LogP contribution < -0.4 is 0 Å². The summed E-state index contributed by atoms with van der Waals surface area (Å²) < 4.78 is 0. The standard InChI is InChI=1S/C7H10Cl2/c8-6-2-1-3-7(9,4-6)5-6/h1-5H2. The van der Waals surface area contributed by atoms with Crippen molar-refractivity contribution in [1.29, 1.82) is 0 Å². The molecule has 0 aliphatic heterocycles. The van der Waals surface area contributed by atoms with Gasteiger partial charge in [-0.25, -0.2) is 0 Å². The molecule has 3 saturated carbocycles. The van der Waals surface area contributed by atoms with E-state index in [1.165, 1.54) is 19.3 Å². The zero-order chi connectivity index (χ0) is 6.54. The third-order valence-corrected chi connectivity index (χ3v) is 3.43. The van der Waals surface area contributed by atoms with Crippen molar-refractivity contribution in [3.63, 3.8) is 0 Å². The molecule has 3 aliphatic rings. The third kappa shape index (κ3) is 0.877. The van der Waals surface area contributed by atoms with Gasteiger partial charge in [-0.05, 0) is 32.1 Å². The summed E-state index contributed by atoms with van der Waals surface area (Å²) in [6.07, 6.45) is 5.69. The Morgan fingerprint density at radius 3 is 1.56 bits per heavy atom. The second-order valence-electron chi connectivity index (χ2n) is 3.51. The molecule has 0 aromatic heterocycles. The summed E-state index contributed by atoms with van der Waals surface area (Å²) in [4.78, 5) is 0.250. The molecule has 3 rings (SSSR count). The fraction of sp³-hybridized carbons (Fsp3) is 1.00. The Hall–Kier alpha value is 0.580. The minimum Gasteiger partial charge on any atom is -0.119 e. The van der Waals surface area contributed by atoms with Crippen molar-refractivity contribution >= 4 is 23.2 Å². The predicted molar refractivity (Wildman–Crippen MR) is 40.3 cm³/mol. The Kier molecular flexibility index (Phi) is 1.12. The van der Waals surface area contributed by atoms with E-state index in [9.17, 15) is 0 Å². The van der Waals surface area contributed by atoms with E-state index in [0.717, 1.165) is 12.8 Å². The second kappa shape index (κ2) is 1.60. The Morgan fingerprint density at radius 2 is 1.33 bits per heavy atom. The van der Waals surface area contributed by atoms with Crippen molar-refractivity contribution in [2.24, 2.45) is 0 Å². The lowest BCUT2D eigenvalue weighted by Gasteiger charge is -2.54. The summed E-state index contributed by atoms with van der Waals surface area (Å²) >= 11 is 12.3. The lowest BCUT2D eigenvalue weighted by atomic mass is 9.64. The van der Waals surface area contributed by atoms with Gasteiger partial charge in [0.2, 0.25) is 0 Å². The van der Waals surface area contributed by atoms with Crippen molar-refractivity contribution in [2.75, 3.05) is 0 Å². The number of hydrogen-bond donors (Lipinski definition) is 0. The Balaban J connectivity index is 2.12. The van der Waals surface area contributed by atoms with Gasteiger partial charge in [0.05, 0.1) is 0 Å².